The molecule has 26 heavy (non-hydrogen) atoms. The van der Waals surface area contributed by atoms with Crippen molar-refractivity contribution in [2.75, 3.05) is 23.4 Å². The van der Waals surface area contributed by atoms with Crippen LogP contribution >= 0.6 is 11.6 Å². The molecule has 0 aliphatic rings. The number of hydrogen-bond acceptors (Lipinski definition) is 5. The molecule has 0 saturated carbocycles. The van der Waals surface area contributed by atoms with Crippen LogP contribution in [0.4, 0.5) is 20.2 Å². The number of hydrogen-bond donors (Lipinski definition) is 2. The molecule has 0 heterocycles. The molecular weight excluding hydrogens is 390 g/mol. The van der Waals surface area contributed by atoms with Crippen molar-refractivity contribution in [3.8, 4) is 5.75 Å². The maximum Gasteiger partial charge on any atom is 0.387 e. The summed E-state index contributed by atoms with van der Waals surface area (Å²) in [6.07, 6.45) is 1.09. The van der Waals surface area contributed by atoms with E-state index in [1.165, 1.54) is 42.5 Å². The molecule has 0 bridgehead atoms. The van der Waals surface area contributed by atoms with Crippen LogP contribution in [0.1, 0.15) is 0 Å². The Kier molecular flexibility index (Phi) is 6.38. The Balaban J connectivity index is 1.91. The third-order valence-electron chi connectivity index (χ3n) is 3.17. The van der Waals surface area contributed by atoms with Crippen LogP contribution in [-0.2, 0) is 14.6 Å². The molecule has 2 aromatic carbocycles. The van der Waals surface area contributed by atoms with E-state index in [2.05, 4.69) is 15.4 Å². The van der Waals surface area contributed by atoms with E-state index in [1.807, 2.05) is 0 Å². The highest BCUT2D eigenvalue weighted by molar-refractivity contribution is 7.90. The average Bonchev–Trinajstić information content (AvgIpc) is 2.54. The molecule has 0 aliphatic carbocycles. The lowest BCUT2D eigenvalue weighted by molar-refractivity contribution is -0.114. The van der Waals surface area contributed by atoms with Crippen molar-refractivity contribution < 1.29 is 26.7 Å². The quantitative estimate of drug-likeness (QED) is 0.738. The molecule has 10 heteroatoms. The van der Waals surface area contributed by atoms with Crippen molar-refractivity contribution >= 4 is 38.7 Å². The van der Waals surface area contributed by atoms with E-state index in [-0.39, 0.29) is 28.1 Å². The summed E-state index contributed by atoms with van der Waals surface area (Å²) in [5.41, 5.74) is 0.877. The molecular formula is C16H15ClF2N2O4S. The number of rotatable bonds is 7. The highest BCUT2D eigenvalue weighted by atomic mass is 35.5. The van der Waals surface area contributed by atoms with Crippen LogP contribution in [0, 0.1) is 0 Å². The van der Waals surface area contributed by atoms with Crippen LogP contribution in [0.15, 0.2) is 47.4 Å². The van der Waals surface area contributed by atoms with Gasteiger partial charge in [0.2, 0.25) is 5.91 Å². The summed E-state index contributed by atoms with van der Waals surface area (Å²) in [6, 6.07) is 9.78. The summed E-state index contributed by atoms with van der Waals surface area (Å²) in [6.45, 7) is -3.09. The van der Waals surface area contributed by atoms with E-state index < -0.39 is 16.4 Å². The molecule has 6 nitrogen and oxygen atoms in total. The van der Waals surface area contributed by atoms with E-state index in [9.17, 15) is 22.0 Å². The normalized spacial score (nSPS) is 11.3. The lowest BCUT2D eigenvalue weighted by Gasteiger charge is -2.11. The van der Waals surface area contributed by atoms with Gasteiger partial charge in [-0.2, -0.15) is 8.78 Å². The van der Waals surface area contributed by atoms with Gasteiger partial charge in [0.1, 0.15) is 5.75 Å². The van der Waals surface area contributed by atoms with Crippen molar-refractivity contribution in [1.29, 1.82) is 0 Å². The van der Waals surface area contributed by atoms with Crippen LogP contribution in [0.3, 0.4) is 0 Å². The minimum atomic E-state index is -3.30. The first-order valence-corrected chi connectivity index (χ1v) is 9.50. The number of anilines is 2. The van der Waals surface area contributed by atoms with Crippen LogP contribution < -0.4 is 15.4 Å². The lowest BCUT2D eigenvalue weighted by atomic mass is 10.3. The van der Waals surface area contributed by atoms with E-state index in [1.54, 1.807) is 0 Å². The zero-order chi connectivity index (χ0) is 19.3. The Morgan fingerprint density at radius 2 is 1.77 bits per heavy atom. The number of carbonyl (C=O) groups excluding carboxylic acids is 1. The number of ether oxygens (including phenoxy) is 1. The highest BCUT2D eigenvalue weighted by Gasteiger charge is 2.10. The summed E-state index contributed by atoms with van der Waals surface area (Å²) >= 11 is 5.82. The van der Waals surface area contributed by atoms with Gasteiger partial charge in [0, 0.05) is 17.6 Å². The van der Waals surface area contributed by atoms with Crippen LogP contribution in [-0.4, -0.2) is 33.7 Å². The first kappa shape index (κ1) is 19.9. The molecule has 0 spiro atoms. The maximum absolute atomic E-state index is 12.2. The van der Waals surface area contributed by atoms with Gasteiger partial charge in [0.05, 0.1) is 16.5 Å². The van der Waals surface area contributed by atoms with E-state index in [0.717, 1.165) is 6.26 Å². The zero-order valence-electron chi connectivity index (χ0n) is 13.5. The number of carbonyl (C=O) groups is 1. The number of halogens is 3. The standard InChI is InChI=1S/C16H15ClF2N2O4S/c1-26(23,24)12-5-2-10(3-6-12)21-15(22)9-20-11-4-7-14(13(17)8-11)25-16(18)19/h2-8,16,20H,9H2,1H3,(H,21,22). The fourth-order valence-corrected chi connectivity index (χ4v) is 2.83. The summed E-state index contributed by atoms with van der Waals surface area (Å²) in [7, 11) is -3.30. The molecule has 2 N–H and O–H groups in total. The van der Waals surface area contributed by atoms with Gasteiger partial charge in [-0.3, -0.25) is 4.79 Å². The maximum atomic E-state index is 12.2. The van der Waals surface area contributed by atoms with Gasteiger partial charge in [-0.25, -0.2) is 8.42 Å². The molecule has 0 aromatic heterocycles. The van der Waals surface area contributed by atoms with Gasteiger partial charge in [-0.05, 0) is 42.5 Å². The molecule has 1 amide bonds. The van der Waals surface area contributed by atoms with Crippen molar-refractivity contribution in [2.24, 2.45) is 0 Å². The minimum Gasteiger partial charge on any atom is -0.433 e. The molecule has 0 saturated heterocycles. The van der Waals surface area contributed by atoms with Gasteiger partial charge in [0.15, 0.2) is 9.84 Å². The topological polar surface area (TPSA) is 84.5 Å². The Morgan fingerprint density at radius 1 is 1.15 bits per heavy atom. The largest absolute Gasteiger partial charge is 0.433 e. The molecule has 140 valence electrons. The van der Waals surface area contributed by atoms with E-state index >= 15 is 0 Å². The fourth-order valence-electron chi connectivity index (χ4n) is 1.98. The first-order chi connectivity index (χ1) is 12.1. The first-order valence-electron chi connectivity index (χ1n) is 7.23. The Morgan fingerprint density at radius 3 is 2.31 bits per heavy atom. The third-order valence-corrected chi connectivity index (χ3v) is 4.59. The number of alkyl halides is 2. The van der Waals surface area contributed by atoms with Crippen molar-refractivity contribution in [3.63, 3.8) is 0 Å². The Bertz CT molecular complexity index is 890. The summed E-state index contributed by atoms with van der Waals surface area (Å²) in [5.74, 6) is -0.552. The Labute approximate surface area is 154 Å². The van der Waals surface area contributed by atoms with Gasteiger partial charge in [-0.15, -0.1) is 0 Å². The van der Waals surface area contributed by atoms with Crippen molar-refractivity contribution in [1.82, 2.24) is 0 Å². The summed E-state index contributed by atoms with van der Waals surface area (Å²) in [4.78, 5) is 12.1. The highest BCUT2D eigenvalue weighted by Crippen LogP contribution is 2.28. The number of sulfone groups is 1. The third kappa shape index (κ3) is 5.85. The van der Waals surface area contributed by atoms with E-state index in [4.69, 9.17) is 11.6 Å². The van der Waals surface area contributed by atoms with E-state index in [0.29, 0.717) is 11.4 Å². The minimum absolute atomic E-state index is 0.0212. The van der Waals surface area contributed by atoms with Gasteiger partial charge in [0.25, 0.3) is 0 Å². The molecule has 2 rings (SSSR count). The monoisotopic (exact) mass is 404 g/mol. The average molecular weight is 405 g/mol. The van der Waals surface area contributed by atoms with Crippen LogP contribution in [0.25, 0.3) is 0 Å². The SMILES string of the molecule is CS(=O)(=O)c1ccc(NC(=O)CNc2ccc(OC(F)F)c(Cl)c2)cc1. The van der Waals surface area contributed by atoms with Gasteiger partial charge >= 0.3 is 6.61 Å². The smallest absolute Gasteiger partial charge is 0.387 e. The second-order valence-corrected chi connectivity index (χ2v) is 7.64. The van der Waals surface area contributed by atoms with Crippen molar-refractivity contribution in [3.05, 3.63) is 47.5 Å². The molecule has 0 fully saturated rings. The number of benzene rings is 2. The van der Waals surface area contributed by atoms with Crippen LogP contribution in [0.5, 0.6) is 5.75 Å². The predicted molar refractivity (Wildman–Crippen MR) is 94.8 cm³/mol. The van der Waals surface area contributed by atoms with Gasteiger partial charge < -0.3 is 15.4 Å². The second kappa shape index (κ2) is 8.33. The predicted octanol–water partition coefficient (Wildman–Crippen LogP) is 3.40. The number of nitrogens with one attached hydrogen (secondary N) is 2. The molecule has 0 atom stereocenters. The second-order valence-electron chi connectivity index (χ2n) is 5.22. The Hall–Kier alpha value is -2.39. The number of amides is 1. The lowest BCUT2D eigenvalue weighted by Crippen LogP contribution is -2.21. The van der Waals surface area contributed by atoms with Gasteiger partial charge in [-0.1, -0.05) is 11.6 Å². The van der Waals surface area contributed by atoms with Crippen molar-refractivity contribution in [2.45, 2.75) is 11.5 Å². The summed E-state index contributed by atoms with van der Waals surface area (Å²) < 4.78 is 51.3. The molecule has 0 unspecified atom stereocenters. The fraction of sp³-hybridized carbons (Fsp3) is 0.188. The molecule has 0 radical (unpaired) electrons. The molecule has 2 aromatic rings. The van der Waals surface area contributed by atoms with Crippen LogP contribution in [0.2, 0.25) is 5.02 Å². The zero-order valence-corrected chi connectivity index (χ0v) is 15.1. The summed E-state index contributed by atoms with van der Waals surface area (Å²) in [5, 5.41) is 5.35. The molecule has 0 aliphatic heterocycles.